The molecule has 0 bridgehead atoms. The molecule has 0 aliphatic carbocycles. The maximum Gasteiger partial charge on any atom is 0.259 e. The minimum atomic E-state index is -0.502. The Balaban J connectivity index is 1.61. The minimum Gasteiger partial charge on any atom is -0.315 e. The number of aromatic nitrogens is 3. The number of benzene rings is 2. The topological polar surface area (TPSA) is 71.0 Å². The van der Waals surface area contributed by atoms with Gasteiger partial charge in [0.2, 0.25) is 0 Å². The van der Waals surface area contributed by atoms with E-state index in [-0.39, 0.29) is 17.5 Å². The Morgan fingerprint density at radius 3 is 2.76 bits per heavy atom. The molecule has 2 aromatic heterocycles. The van der Waals surface area contributed by atoms with E-state index in [1.807, 2.05) is 32.0 Å². The molecule has 34 heavy (non-hydrogen) atoms. The van der Waals surface area contributed by atoms with Crippen LogP contribution in [0.1, 0.15) is 33.8 Å². The number of halogens is 2. The van der Waals surface area contributed by atoms with Gasteiger partial charge in [0.1, 0.15) is 16.6 Å². The zero-order chi connectivity index (χ0) is 23.8. The summed E-state index contributed by atoms with van der Waals surface area (Å²) in [6, 6.07) is 10.1. The van der Waals surface area contributed by atoms with Gasteiger partial charge in [-0.15, -0.1) is 10.2 Å². The molecule has 1 aliphatic rings. The number of amides is 1. The van der Waals surface area contributed by atoms with Crippen LogP contribution in [0.25, 0.3) is 21.3 Å². The summed E-state index contributed by atoms with van der Waals surface area (Å²) >= 11 is 7.60. The molecule has 4 aromatic rings. The monoisotopic (exact) mass is 495 g/mol. The van der Waals surface area contributed by atoms with E-state index in [0.717, 1.165) is 40.7 Å². The molecule has 0 saturated carbocycles. The van der Waals surface area contributed by atoms with E-state index in [1.54, 1.807) is 23.2 Å². The van der Waals surface area contributed by atoms with Gasteiger partial charge in [0, 0.05) is 34.3 Å². The second kappa shape index (κ2) is 9.37. The number of fused-ring (bicyclic) bond motifs is 1. The lowest BCUT2D eigenvalue weighted by atomic mass is 10.0. The van der Waals surface area contributed by atoms with E-state index in [2.05, 4.69) is 20.5 Å². The van der Waals surface area contributed by atoms with Crippen LogP contribution in [0.15, 0.2) is 42.6 Å². The van der Waals surface area contributed by atoms with E-state index in [1.165, 1.54) is 17.4 Å². The number of nitrogens with zero attached hydrogens (tertiary/aromatic N) is 4. The van der Waals surface area contributed by atoms with Crippen molar-refractivity contribution in [1.82, 2.24) is 20.5 Å². The Labute approximate surface area is 205 Å². The second-order valence-corrected chi connectivity index (χ2v) is 10.1. The lowest BCUT2D eigenvalue weighted by Crippen LogP contribution is -2.49. The van der Waals surface area contributed by atoms with Crippen LogP contribution in [0.4, 0.5) is 10.2 Å². The summed E-state index contributed by atoms with van der Waals surface area (Å²) in [5.41, 5.74) is 1.53. The van der Waals surface area contributed by atoms with Crippen LogP contribution in [-0.4, -0.2) is 40.2 Å². The summed E-state index contributed by atoms with van der Waals surface area (Å²) in [6.45, 7) is 5.32. The normalized spacial score (nSPS) is 16.1. The number of hydrogen-bond donors (Lipinski definition) is 1. The average Bonchev–Trinajstić information content (AvgIpc) is 3.25. The van der Waals surface area contributed by atoms with Crippen molar-refractivity contribution in [2.75, 3.05) is 18.0 Å². The van der Waals surface area contributed by atoms with Crippen LogP contribution < -0.4 is 10.2 Å². The Hall–Kier alpha value is -2.94. The number of carbonyl (C=O) groups is 1. The maximum absolute atomic E-state index is 15.1. The molecule has 1 amide bonds. The highest BCUT2D eigenvalue weighted by atomic mass is 35.5. The summed E-state index contributed by atoms with van der Waals surface area (Å²) < 4.78 is 15.1. The van der Waals surface area contributed by atoms with Gasteiger partial charge in [-0.05, 0) is 80.6 Å². The van der Waals surface area contributed by atoms with Crippen LogP contribution in [0, 0.1) is 19.7 Å². The first-order valence-electron chi connectivity index (χ1n) is 11.1. The Bertz CT molecular complexity index is 1390. The molecule has 174 valence electrons. The van der Waals surface area contributed by atoms with Crippen molar-refractivity contribution in [1.29, 1.82) is 0 Å². The van der Waals surface area contributed by atoms with E-state index in [9.17, 15) is 4.79 Å². The van der Waals surface area contributed by atoms with Crippen LogP contribution in [0.3, 0.4) is 0 Å². The summed E-state index contributed by atoms with van der Waals surface area (Å²) in [6.07, 6.45) is 3.45. The molecule has 1 fully saturated rings. The summed E-state index contributed by atoms with van der Waals surface area (Å²) in [7, 11) is 0. The maximum atomic E-state index is 15.1. The molecule has 5 rings (SSSR count). The summed E-state index contributed by atoms with van der Waals surface area (Å²) in [4.78, 5) is 20.3. The fourth-order valence-electron chi connectivity index (χ4n) is 4.50. The molecular formula is C25H23ClFN5OS. The number of pyridine rings is 1. The number of carbonyl (C=O) groups excluding carboxylic acids is 1. The number of aryl methyl sites for hydroxylation is 2. The minimum absolute atomic E-state index is 0.108. The van der Waals surface area contributed by atoms with E-state index >= 15 is 4.39 Å². The van der Waals surface area contributed by atoms with Gasteiger partial charge >= 0.3 is 0 Å². The molecule has 0 unspecified atom stereocenters. The smallest absolute Gasteiger partial charge is 0.259 e. The van der Waals surface area contributed by atoms with Gasteiger partial charge in [-0.2, -0.15) is 0 Å². The highest BCUT2D eigenvalue weighted by molar-refractivity contribution is 7.14. The van der Waals surface area contributed by atoms with Crippen molar-refractivity contribution in [3.05, 3.63) is 69.6 Å². The lowest BCUT2D eigenvalue weighted by molar-refractivity contribution is 0.0971. The van der Waals surface area contributed by atoms with Gasteiger partial charge in [0.05, 0.1) is 6.04 Å². The Morgan fingerprint density at radius 2 is 2.06 bits per heavy atom. The zero-order valence-electron chi connectivity index (χ0n) is 18.8. The van der Waals surface area contributed by atoms with Crippen molar-refractivity contribution >= 4 is 45.4 Å². The molecule has 0 radical (unpaired) electrons. The first kappa shape index (κ1) is 22.8. The molecular weight excluding hydrogens is 473 g/mol. The third-order valence-corrected chi connectivity index (χ3v) is 7.15. The summed E-state index contributed by atoms with van der Waals surface area (Å²) in [5.74, 6) is -0.228. The number of anilines is 1. The fraction of sp³-hybridized carbons (Fsp3) is 0.280. The largest absolute Gasteiger partial charge is 0.315 e. The van der Waals surface area contributed by atoms with E-state index in [0.29, 0.717) is 28.0 Å². The van der Waals surface area contributed by atoms with Gasteiger partial charge in [0.25, 0.3) is 5.91 Å². The Kier molecular flexibility index (Phi) is 6.29. The van der Waals surface area contributed by atoms with E-state index in [4.69, 9.17) is 11.6 Å². The molecule has 6 nitrogen and oxygen atoms in total. The van der Waals surface area contributed by atoms with Crippen molar-refractivity contribution < 1.29 is 9.18 Å². The first-order chi connectivity index (χ1) is 16.4. The molecule has 3 heterocycles. The molecule has 9 heteroatoms. The predicted octanol–water partition coefficient (Wildman–Crippen LogP) is 5.56. The van der Waals surface area contributed by atoms with Crippen molar-refractivity contribution in [2.24, 2.45) is 0 Å². The highest BCUT2D eigenvalue weighted by Crippen LogP contribution is 2.34. The van der Waals surface area contributed by atoms with Crippen LogP contribution in [0.2, 0.25) is 5.02 Å². The van der Waals surface area contributed by atoms with Gasteiger partial charge in [-0.3, -0.25) is 9.69 Å². The number of hydrogen-bond acceptors (Lipinski definition) is 6. The number of nitrogens with one attached hydrogen (secondary N) is 1. The van der Waals surface area contributed by atoms with Crippen molar-refractivity contribution in [3.8, 4) is 10.6 Å². The molecule has 1 N–H and O–H groups in total. The van der Waals surface area contributed by atoms with Gasteiger partial charge in [-0.1, -0.05) is 22.9 Å². The molecule has 2 aromatic carbocycles. The van der Waals surface area contributed by atoms with E-state index < -0.39 is 5.82 Å². The predicted molar refractivity (Wildman–Crippen MR) is 134 cm³/mol. The fourth-order valence-corrected chi connectivity index (χ4v) is 5.50. The molecule has 0 spiro atoms. The van der Waals surface area contributed by atoms with Crippen LogP contribution in [-0.2, 0) is 0 Å². The average molecular weight is 496 g/mol. The van der Waals surface area contributed by atoms with Gasteiger partial charge in [-0.25, -0.2) is 9.37 Å². The quantitative estimate of drug-likeness (QED) is 0.401. The van der Waals surface area contributed by atoms with Crippen LogP contribution in [0.5, 0.6) is 0 Å². The molecule has 1 saturated heterocycles. The second-order valence-electron chi connectivity index (χ2n) is 8.45. The van der Waals surface area contributed by atoms with Gasteiger partial charge < -0.3 is 5.32 Å². The Morgan fingerprint density at radius 1 is 1.21 bits per heavy atom. The third kappa shape index (κ3) is 4.29. The van der Waals surface area contributed by atoms with Crippen molar-refractivity contribution in [2.45, 2.75) is 32.7 Å². The lowest BCUT2D eigenvalue weighted by Gasteiger charge is -2.35. The first-order valence-corrected chi connectivity index (χ1v) is 12.3. The van der Waals surface area contributed by atoms with Gasteiger partial charge in [0.15, 0.2) is 5.01 Å². The highest BCUT2D eigenvalue weighted by Gasteiger charge is 2.31. The van der Waals surface area contributed by atoms with Crippen LogP contribution >= 0.6 is 22.9 Å². The zero-order valence-corrected chi connectivity index (χ0v) is 20.4. The standard InChI is InChI=1S/C25H23ClFN5OS/c1-14-10-18(26)11-16-7-9-29-23(22(14)16)32(19-4-3-8-28-13-19)25(33)17-5-6-20(21(27)12-17)24-31-30-15(2)34-24/h5-7,9-12,19,28H,3-4,8,13H2,1-2H3/t19-/m1/s1. The summed E-state index contributed by atoms with van der Waals surface area (Å²) in [5, 5.41) is 15.0. The molecule has 1 atom stereocenters. The number of piperidine rings is 1. The van der Waals surface area contributed by atoms with Crippen molar-refractivity contribution in [3.63, 3.8) is 0 Å². The molecule has 1 aliphatic heterocycles. The number of rotatable bonds is 4. The third-order valence-electron chi connectivity index (χ3n) is 6.06. The SMILES string of the molecule is Cc1nnc(-c2ccc(C(=O)N(c3nccc4cc(Cl)cc(C)c34)[C@@H]3CCCNC3)cc2F)s1.